The zero-order valence-electron chi connectivity index (χ0n) is 23.9. The van der Waals surface area contributed by atoms with E-state index in [9.17, 15) is 22.4 Å². The average molecular weight is 595 g/mol. The molecule has 3 fully saturated rings. The fourth-order valence-corrected chi connectivity index (χ4v) is 6.05. The molecule has 3 aliphatic rings. The standard InChI is InChI=1S/C31H38F4N2O5/c1-29(2)41-26-18-30(40-20-21-8-10-24(32)11-9-21,28(38)36-12-15-37-13-3-4-14-37)17-25(27(26)42-29)39-19-22-6-5-7-23(16-22)31(33,34)35/h5-11,16,25-27H,3-4,12-15,17-20H2,1-2H3,(H,36,38)/t25?,26-,27+,30-/m1/s1. The van der Waals surface area contributed by atoms with E-state index in [1.807, 2.05) is 0 Å². The van der Waals surface area contributed by atoms with E-state index in [0.29, 0.717) is 24.2 Å². The summed E-state index contributed by atoms with van der Waals surface area (Å²) in [5.74, 6) is -1.65. The minimum atomic E-state index is -4.48. The first-order chi connectivity index (χ1) is 19.9. The highest BCUT2D eigenvalue weighted by Crippen LogP contribution is 2.44. The lowest BCUT2D eigenvalue weighted by atomic mass is 9.78. The van der Waals surface area contributed by atoms with E-state index in [-0.39, 0.29) is 37.8 Å². The average Bonchev–Trinajstić information content (AvgIpc) is 3.57. The van der Waals surface area contributed by atoms with Gasteiger partial charge in [-0.05, 0) is 75.2 Å². The lowest BCUT2D eigenvalue weighted by molar-refractivity contribution is -0.183. The number of ether oxygens (including phenoxy) is 4. The van der Waals surface area contributed by atoms with Crippen molar-refractivity contribution in [2.45, 2.75) is 88.6 Å². The van der Waals surface area contributed by atoms with E-state index >= 15 is 0 Å². The number of nitrogens with zero attached hydrogens (tertiary/aromatic N) is 1. The maximum absolute atomic E-state index is 13.9. The molecule has 11 heteroatoms. The van der Waals surface area contributed by atoms with Crippen LogP contribution < -0.4 is 5.32 Å². The van der Waals surface area contributed by atoms with E-state index in [2.05, 4.69) is 10.2 Å². The molecule has 230 valence electrons. The molecular formula is C31H38F4N2O5. The maximum Gasteiger partial charge on any atom is 0.416 e. The van der Waals surface area contributed by atoms with Crippen LogP contribution in [0.15, 0.2) is 48.5 Å². The van der Waals surface area contributed by atoms with Crippen LogP contribution in [0, 0.1) is 5.82 Å². The molecule has 7 nitrogen and oxygen atoms in total. The number of likely N-dealkylation sites (tertiary alicyclic amines) is 1. The number of amides is 1. The molecule has 0 aromatic heterocycles. The number of carbonyl (C=O) groups excluding carboxylic acids is 1. The molecule has 0 bridgehead atoms. The van der Waals surface area contributed by atoms with Crippen molar-refractivity contribution in [1.82, 2.24) is 10.2 Å². The van der Waals surface area contributed by atoms with Crippen LogP contribution >= 0.6 is 0 Å². The quantitative estimate of drug-likeness (QED) is 0.381. The smallest absolute Gasteiger partial charge is 0.371 e. The molecule has 42 heavy (non-hydrogen) atoms. The van der Waals surface area contributed by atoms with Crippen LogP contribution in [-0.4, -0.2) is 66.7 Å². The van der Waals surface area contributed by atoms with Crippen molar-refractivity contribution >= 4 is 5.91 Å². The molecule has 2 aromatic rings. The predicted molar refractivity (Wildman–Crippen MR) is 146 cm³/mol. The highest BCUT2D eigenvalue weighted by molar-refractivity contribution is 5.85. The van der Waals surface area contributed by atoms with Gasteiger partial charge in [0.2, 0.25) is 0 Å². The number of halogens is 4. The summed E-state index contributed by atoms with van der Waals surface area (Å²) in [7, 11) is 0. The van der Waals surface area contributed by atoms with Crippen molar-refractivity contribution in [3.63, 3.8) is 0 Å². The first kappa shape index (κ1) is 30.9. The van der Waals surface area contributed by atoms with Crippen LogP contribution in [0.25, 0.3) is 0 Å². The van der Waals surface area contributed by atoms with Crippen molar-refractivity contribution in [1.29, 1.82) is 0 Å². The van der Waals surface area contributed by atoms with Gasteiger partial charge in [0, 0.05) is 25.9 Å². The van der Waals surface area contributed by atoms with Gasteiger partial charge in [0.15, 0.2) is 11.4 Å². The van der Waals surface area contributed by atoms with Crippen molar-refractivity contribution in [2.75, 3.05) is 26.2 Å². The number of nitrogens with one attached hydrogen (secondary N) is 1. The lowest BCUT2D eigenvalue weighted by Crippen LogP contribution is -2.60. The highest BCUT2D eigenvalue weighted by atomic mass is 19.4. The molecule has 1 N–H and O–H groups in total. The summed E-state index contributed by atoms with van der Waals surface area (Å²) in [4.78, 5) is 16.2. The second kappa shape index (κ2) is 12.6. The highest BCUT2D eigenvalue weighted by Gasteiger charge is 2.58. The Morgan fingerprint density at radius 1 is 1.02 bits per heavy atom. The Labute approximate surface area is 243 Å². The molecule has 1 amide bonds. The number of benzene rings is 2. The summed E-state index contributed by atoms with van der Waals surface area (Å²) in [6, 6.07) is 10.8. The Bertz CT molecular complexity index is 1220. The molecule has 1 saturated carbocycles. The van der Waals surface area contributed by atoms with Crippen LogP contribution in [0.1, 0.15) is 56.2 Å². The predicted octanol–water partition coefficient (Wildman–Crippen LogP) is 5.21. The van der Waals surface area contributed by atoms with Gasteiger partial charge in [-0.1, -0.05) is 24.3 Å². The minimum absolute atomic E-state index is 0.0435. The second-order valence-electron chi connectivity index (χ2n) is 11.8. The Morgan fingerprint density at radius 2 is 1.76 bits per heavy atom. The fourth-order valence-electron chi connectivity index (χ4n) is 6.05. The summed E-state index contributed by atoms with van der Waals surface area (Å²) in [5.41, 5.74) is -1.10. The van der Waals surface area contributed by atoms with Gasteiger partial charge in [-0.15, -0.1) is 0 Å². The first-order valence-electron chi connectivity index (χ1n) is 14.4. The third-order valence-corrected chi connectivity index (χ3v) is 8.12. The Kier molecular flexibility index (Phi) is 9.24. The fraction of sp³-hybridized carbons (Fsp3) is 0.581. The summed E-state index contributed by atoms with van der Waals surface area (Å²) >= 11 is 0. The summed E-state index contributed by atoms with van der Waals surface area (Å²) in [6.07, 6.45) is -3.72. The number of carbonyl (C=O) groups is 1. The van der Waals surface area contributed by atoms with Gasteiger partial charge in [-0.3, -0.25) is 4.79 Å². The third kappa shape index (κ3) is 7.49. The molecule has 0 spiro atoms. The Balaban J connectivity index is 1.37. The van der Waals surface area contributed by atoms with Crippen LogP contribution in [-0.2, 0) is 43.1 Å². The molecule has 4 atom stereocenters. The summed E-state index contributed by atoms with van der Waals surface area (Å²) in [5, 5.41) is 3.04. The van der Waals surface area contributed by atoms with E-state index in [4.69, 9.17) is 18.9 Å². The molecule has 1 unspecified atom stereocenters. The van der Waals surface area contributed by atoms with Crippen molar-refractivity contribution < 1.29 is 41.3 Å². The number of hydrogen-bond acceptors (Lipinski definition) is 6. The lowest BCUT2D eigenvalue weighted by Gasteiger charge is -2.43. The van der Waals surface area contributed by atoms with E-state index in [1.54, 1.807) is 32.0 Å². The molecule has 2 aromatic carbocycles. The Hall–Kier alpha value is -2.57. The largest absolute Gasteiger partial charge is 0.416 e. The van der Waals surface area contributed by atoms with Gasteiger partial charge >= 0.3 is 6.18 Å². The van der Waals surface area contributed by atoms with Crippen molar-refractivity contribution in [2.24, 2.45) is 0 Å². The first-order valence-corrected chi connectivity index (χ1v) is 14.4. The number of rotatable bonds is 10. The molecule has 1 aliphatic carbocycles. The van der Waals surface area contributed by atoms with E-state index in [0.717, 1.165) is 38.1 Å². The van der Waals surface area contributed by atoms with Gasteiger partial charge in [-0.25, -0.2) is 4.39 Å². The topological polar surface area (TPSA) is 69.3 Å². The second-order valence-corrected chi connectivity index (χ2v) is 11.8. The van der Waals surface area contributed by atoms with Crippen molar-refractivity contribution in [3.05, 3.63) is 71.0 Å². The molecular weight excluding hydrogens is 556 g/mol. The Morgan fingerprint density at radius 3 is 2.48 bits per heavy atom. The third-order valence-electron chi connectivity index (χ3n) is 8.12. The van der Waals surface area contributed by atoms with Crippen LogP contribution in [0.5, 0.6) is 0 Å². The zero-order valence-corrected chi connectivity index (χ0v) is 23.9. The molecule has 2 saturated heterocycles. The summed E-state index contributed by atoms with van der Waals surface area (Å²) < 4.78 is 78.4. The van der Waals surface area contributed by atoms with Gasteiger partial charge < -0.3 is 29.2 Å². The van der Waals surface area contributed by atoms with Crippen LogP contribution in [0.2, 0.25) is 0 Å². The molecule has 2 heterocycles. The minimum Gasteiger partial charge on any atom is -0.371 e. The molecule has 5 rings (SSSR count). The zero-order chi connectivity index (χ0) is 30.0. The van der Waals surface area contributed by atoms with Gasteiger partial charge in [0.1, 0.15) is 11.9 Å². The molecule has 0 radical (unpaired) electrons. The maximum atomic E-state index is 13.9. The van der Waals surface area contributed by atoms with Crippen LogP contribution in [0.3, 0.4) is 0 Å². The van der Waals surface area contributed by atoms with E-state index in [1.165, 1.54) is 18.2 Å². The SMILES string of the molecule is CC1(C)O[C@@H]2C[C@@](OCc3ccc(F)cc3)(C(=O)NCCN3CCCC3)CC(OCc3cccc(C(F)(F)F)c3)[C@@H]2O1. The monoisotopic (exact) mass is 594 g/mol. The van der Waals surface area contributed by atoms with Gasteiger partial charge in [0.05, 0.1) is 31.0 Å². The number of hydrogen-bond donors (Lipinski definition) is 1. The number of alkyl halides is 3. The van der Waals surface area contributed by atoms with Gasteiger partial charge in [-0.2, -0.15) is 13.2 Å². The van der Waals surface area contributed by atoms with Gasteiger partial charge in [0.25, 0.3) is 5.91 Å². The van der Waals surface area contributed by atoms with Crippen molar-refractivity contribution in [3.8, 4) is 0 Å². The summed E-state index contributed by atoms with van der Waals surface area (Å²) in [6.45, 7) is 6.61. The number of fused-ring (bicyclic) bond motifs is 1. The normalized spacial score (nSPS) is 27.6. The van der Waals surface area contributed by atoms with E-state index < -0.39 is 41.4 Å². The van der Waals surface area contributed by atoms with Crippen LogP contribution in [0.4, 0.5) is 17.6 Å². The molecule has 2 aliphatic heterocycles.